The van der Waals surface area contributed by atoms with E-state index >= 15 is 0 Å². The molecule has 25 heavy (non-hydrogen) atoms. The molecule has 1 aliphatic rings. The van der Waals surface area contributed by atoms with Gasteiger partial charge in [-0.1, -0.05) is 12.1 Å². The highest BCUT2D eigenvalue weighted by Crippen LogP contribution is 2.36. The van der Waals surface area contributed by atoms with E-state index in [9.17, 15) is 22.8 Å². The van der Waals surface area contributed by atoms with E-state index in [4.69, 9.17) is 0 Å². The van der Waals surface area contributed by atoms with Gasteiger partial charge in [-0.05, 0) is 44.4 Å². The zero-order valence-electron chi connectivity index (χ0n) is 14.2. The van der Waals surface area contributed by atoms with Crippen molar-refractivity contribution in [3.8, 4) is 0 Å². The molecular weight excluding hydrogens is 335 g/mol. The molecule has 0 saturated heterocycles. The van der Waals surface area contributed by atoms with Gasteiger partial charge in [0.15, 0.2) is 0 Å². The summed E-state index contributed by atoms with van der Waals surface area (Å²) >= 11 is 0. The molecule has 1 aliphatic carbocycles. The smallest absolute Gasteiger partial charge is 0.338 e. The SMILES string of the molecule is CCNC(=O)NC(=O)CN(C1CC1)C(C)c1cccc(C(F)(F)F)c1. The van der Waals surface area contributed by atoms with Gasteiger partial charge in [-0.25, -0.2) is 4.79 Å². The average molecular weight is 357 g/mol. The fourth-order valence-corrected chi connectivity index (χ4v) is 2.69. The lowest BCUT2D eigenvalue weighted by atomic mass is 10.0. The molecule has 5 nitrogen and oxygen atoms in total. The van der Waals surface area contributed by atoms with Crippen LogP contribution in [0.4, 0.5) is 18.0 Å². The van der Waals surface area contributed by atoms with E-state index in [1.165, 1.54) is 6.07 Å². The first-order chi connectivity index (χ1) is 11.7. The summed E-state index contributed by atoms with van der Waals surface area (Å²) in [5, 5.41) is 4.69. The van der Waals surface area contributed by atoms with Crippen molar-refractivity contribution in [1.82, 2.24) is 15.5 Å². The second-order valence-corrected chi connectivity index (χ2v) is 6.11. The van der Waals surface area contributed by atoms with Crippen LogP contribution in [0.2, 0.25) is 0 Å². The van der Waals surface area contributed by atoms with Gasteiger partial charge >= 0.3 is 12.2 Å². The van der Waals surface area contributed by atoms with E-state index in [1.807, 2.05) is 4.90 Å². The molecule has 2 rings (SSSR count). The zero-order chi connectivity index (χ0) is 18.6. The van der Waals surface area contributed by atoms with Crippen molar-refractivity contribution in [2.24, 2.45) is 0 Å². The van der Waals surface area contributed by atoms with Crippen LogP contribution in [0.3, 0.4) is 0 Å². The number of nitrogens with zero attached hydrogens (tertiary/aromatic N) is 1. The lowest BCUT2D eigenvalue weighted by Gasteiger charge is -2.29. The molecule has 1 aromatic rings. The van der Waals surface area contributed by atoms with E-state index in [1.54, 1.807) is 19.9 Å². The minimum atomic E-state index is -4.41. The van der Waals surface area contributed by atoms with Gasteiger partial charge in [-0.3, -0.25) is 15.0 Å². The van der Waals surface area contributed by atoms with Gasteiger partial charge in [0.25, 0.3) is 0 Å². The number of halogens is 3. The van der Waals surface area contributed by atoms with Crippen LogP contribution in [0.1, 0.15) is 43.9 Å². The third kappa shape index (κ3) is 5.45. The molecule has 0 aliphatic heterocycles. The molecule has 2 N–H and O–H groups in total. The number of imide groups is 1. The molecule has 1 fully saturated rings. The highest BCUT2D eigenvalue weighted by molar-refractivity contribution is 5.95. The van der Waals surface area contributed by atoms with Gasteiger partial charge in [0, 0.05) is 18.6 Å². The fourth-order valence-electron chi connectivity index (χ4n) is 2.69. The molecule has 0 spiro atoms. The molecule has 1 aromatic carbocycles. The maximum Gasteiger partial charge on any atom is 0.416 e. The highest BCUT2D eigenvalue weighted by atomic mass is 19.4. The lowest BCUT2D eigenvalue weighted by Crippen LogP contribution is -2.45. The standard InChI is InChI=1S/C17H22F3N3O2/c1-3-21-16(25)22-15(24)10-23(14-7-8-14)11(2)12-5-4-6-13(9-12)17(18,19)20/h4-6,9,11,14H,3,7-8,10H2,1-2H3,(H2,21,22,24,25). The van der Waals surface area contributed by atoms with Crippen molar-refractivity contribution in [3.05, 3.63) is 35.4 Å². The number of hydrogen-bond acceptors (Lipinski definition) is 3. The third-order valence-electron chi connectivity index (χ3n) is 4.13. The number of amides is 3. The monoisotopic (exact) mass is 357 g/mol. The Bertz CT molecular complexity index is 630. The highest BCUT2D eigenvalue weighted by Gasteiger charge is 2.35. The Morgan fingerprint density at radius 1 is 1.32 bits per heavy atom. The molecule has 1 saturated carbocycles. The summed E-state index contributed by atoms with van der Waals surface area (Å²) in [4.78, 5) is 25.3. The molecule has 138 valence electrons. The number of nitrogens with one attached hydrogen (secondary N) is 2. The number of rotatable bonds is 6. The number of benzene rings is 1. The lowest BCUT2D eigenvalue weighted by molar-refractivity contribution is -0.137. The van der Waals surface area contributed by atoms with Crippen LogP contribution in [-0.4, -0.2) is 36.0 Å². The maximum atomic E-state index is 12.9. The topological polar surface area (TPSA) is 61.4 Å². The minimum absolute atomic E-state index is 0.0424. The molecular formula is C17H22F3N3O2. The molecule has 0 heterocycles. The largest absolute Gasteiger partial charge is 0.416 e. The predicted octanol–water partition coefficient (Wildman–Crippen LogP) is 3.08. The van der Waals surface area contributed by atoms with Crippen LogP contribution < -0.4 is 10.6 Å². The maximum absolute atomic E-state index is 12.9. The van der Waals surface area contributed by atoms with Gasteiger partial charge in [0.2, 0.25) is 5.91 Å². The number of urea groups is 1. The van der Waals surface area contributed by atoms with Crippen LogP contribution in [0.25, 0.3) is 0 Å². The summed E-state index contributed by atoms with van der Waals surface area (Å²) in [7, 11) is 0. The Labute approximate surface area is 144 Å². The molecule has 1 unspecified atom stereocenters. The minimum Gasteiger partial charge on any atom is -0.338 e. The summed E-state index contributed by atoms with van der Waals surface area (Å²) in [5.41, 5.74) is -0.216. The number of hydrogen-bond donors (Lipinski definition) is 2. The Morgan fingerprint density at radius 2 is 2.00 bits per heavy atom. The van der Waals surface area contributed by atoms with Crippen LogP contribution >= 0.6 is 0 Å². The molecule has 0 bridgehead atoms. The van der Waals surface area contributed by atoms with Crippen molar-refractivity contribution in [1.29, 1.82) is 0 Å². The van der Waals surface area contributed by atoms with Crippen molar-refractivity contribution in [2.75, 3.05) is 13.1 Å². The van der Waals surface area contributed by atoms with Gasteiger partial charge < -0.3 is 5.32 Å². The van der Waals surface area contributed by atoms with E-state index in [2.05, 4.69) is 10.6 Å². The Hall–Kier alpha value is -2.09. The summed E-state index contributed by atoms with van der Waals surface area (Å²) in [6.07, 6.45) is -2.63. The summed E-state index contributed by atoms with van der Waals surface area (Å²) < 4.78 is 38.7. The Kier molecular flexibility index (Phi) is 6.05. The Balaban J connectivity index is 2.09. The quantitative estimate of drug-likeness (QED) is 0.823. The molecule has 0 aromatic heterocycles. The molecule has 3 amide bonds. The predicted molar refractivity (Wildman–Crippen MR) is 86.8 cm³/mol. The summed E-state index contributed by atoms with van der Waals surface area (Å²) in [6, 6.07) is 4.33. The summed E-state index contributed by atoms with van der Waals surface area (Å²) in [5.74, 6) is -0.475. The van der Waals surface area contributed by atoms with Crippen molar-refractivity contribution < 1.29 is 22.8 Å². The van der Waals surface area contributed by atoms with Crippen LogP contribution in [0.5, 0.6) is 0 Å². The average Bonchev–Trinajstić information content (AvgIpc) is 3.36. The zero-order valence-corrected chi connectivity index (χ0v) is 14.2. The van der Waals surface area contributed by atoms with Crippen LogP contribution in [0.15, 0.2) is 24.3 Å². The Morgan fingerprint density at radius 3 is 2.56 bits per heavy atom. The first-order valence-corrected chi connectivity index (χ1v) is 8.23. The second kappa shape index (κ2) is 7.86. The number of carbonyl (C=O) groups is 2. The van der Waals surface area contributed by atoms with E-state index in [0.29, 0.717) is 12.1 Å². The normalized spacial score (nSPS) is 15.8. The van der Waals surface area contributed by atoms with Crippen LogP contribution in [-0.2, 0) is 11.0 Å². The van der Waals surface area contributed by atoms with Crippen molar-refractivity contribution >= 4 is 11.9 Å². The fraction of sp³-hybridized carbons (Fsp3) is 0.529. The second-order valence-electron chi connectivity index (χ2n) is 6.11. The summed E-state index contributed by atoms with van der Waals surface area (Å²) in [6.45, 7) is 3.86. The molecule has 8 heteroatoms. The number of carbonyl (C=O) groups excluding carboxylic acids is 2. The van der Waals surface area contributed by atoms with Gasteiger partial charge in [0.1, 0.15) is 0 Å². The molecule has 1 atom stereocenters. The van der Waals surface area contributed by atoms with Crippen molar-refractivity contribution in [2.45, 2.75) is 44.9 Å². The van der Waals surface area contributed by atoms with Crippen LogP contribution in [0, 0.1) is 0 Å². The van der Waals surface area contributed by atoms with E-state index in [-0.39, 0.29) is 18.6 Å². The van der Waals surface area contributed by atoms with E-state index < -0.39 is 23.7 Å². The third-order valence-corrected chi connectivity index (χ3v) is 4.13. The first kappa shape index (κ1) is 19.2. The number of alkyl halides is 3. The van der Waals surface area contributed by atoms with Gasteiger partial charge in [-0.2, -0.15) is 13.2 Å². The molecule has 0 radical (unpaired) electrons. The van der Waals surface area contributed by atoms with Gasteiger partial charge in [0.05, 0.1) is 12.1 Å². The first-order valence-electron chi connectivity index (χ1n) is 8.23. The van der Waals surface area contributed by atoms with Gasteiger partial charge in [-0.15, -0.1) is 0 Å². The van der Waals surface area contributed by atoms with E-state index in [0.717, 1.165) is 25.0 Å². The van der Waals surface area contributed by atoms with Crippen molar-refractivity contribution in [3.63, 3.8) is 0 Å².